The quantitative estimate of drug-likeness (QED) is 0.314. The number of hydrogen-bond acceptors (Lipinski definition) is 4. The standard InChI is InChI=1S/C25H22O4/c1-18(2)24(26)28-15-16-29-25(27)21-13-14-22(19-9-5-3-6-10-19)23(17-21)20-11-7-4-8-12-20/h3-14,17H,1,15-16H2,2H3. The zero-order chi connectivity index (χ0) is 20.6. The lowest BCUT2D eigenvalue weighted by atomic mass is 9.93. The molecule has 3 aromatic carbocycles. The maximum atomic E-state index is 12.5. The molecule has 0 aliphatic heterocycles. The summed E-state index contributed by atoms with van der Waals surface area (Å²) in [6.07, 6.45) is 0. The van der Waals surface area contributed by atoms with Crippen molar-refractivity contribution in [3.63, 3.8) is 0 Å². The highest BCUT2D eigenvalue weighted by Gasteiger charge is 2.14. The minimum atomic E-state index is -0.500. The topological polar surface area (TPSA) is 52.6 Å². The highest BCUT2D eigenvalue weighted by atomic mass is 16.6. The van der Waals surface area contributed by atoms with Gasteiger partial charge in [-0.2, -0.15) is 0 Å². The summed E-state index contributed by atoms with van der Waals surface area (Å²) in [5.41, 5.74) is 4.80. The van der Waals surface area contributed by atoms with Gasteiger partial charge in [-0.15, -0.1) is 0 Å². The molecule has 3 rings (SSSR count). The van der Waals surface area contributed by atoms with Crippen molar-refractivity contribution in [1.29, 1.82) is 0 Å². The van der Waals surface area contributed by atoms with Gasteiger partial charge >= 0.3 is 11.9 Å². The van der Waals surface area contributed by atoms with Crippen LogP contribution in [-0.4, -0.2) is 25.2 Å². The van der Waals surface area contributed by atoms with E-state index in [-0.39, 0.29) is 13.2 Å². The molecule has 4 nitrogen and oxygen atoms in total. The number of carbonyl (C=O) groups excluding carboxylic acids is 2. The molecule has 0 fully saturated rings. The van der Waals surface area contributed by atoms with Crippen molar-refractivity contribution in [2.24, 2.45) is 0 Å². The molecule has 29 heavy (non-hydrogen) atoms. The summed E-state index contributed by atoms with van der Waals surface area (Å²) in [4.78, 5) is 23.8. The van der Waals surface area contributed by atoms with Crippen LogP contribution in [0.4, 0.5) is 0 Å². The summed E-state index contributed by atoms with van der Waals surface area (Å²) in [6, 6.07) is 25.4. The molecule has 3 aromatic rings. The molecule has 0 bridgehead atoms. The first-order valence-corrected chi connectivity index (χ1v) is 9.31. The first kappa shape index (κ1) is 20.1. The number of hydrogen-bond donors (Lipinski definition) is 0. The minimum Gasteiger partial charge on any atom is -0.459 e. The van der Waals surface area contributed by atoms with Crippen LogP contribution in [0.1, 0.15) is 17.3 Å². The molecule has 0 unspecified atom stereocenters. The Hall–Kier alpha value is -3.66. The van der Waals surface area contributed by atoms with Crippen molar-refractivity contribution >= 4 is 11.9 Å². The summed E-state index contributed by atoms with van der Waals surface area (Å²) in [5.74, 6) is -0.965. The predicted octanol–water partition coefficient (Wildman–Crippen LogP) is 5.30. The molecule has 0 aromatic heterocycles. The smallest absolute Gasteiger partial charge is 0.338 e. The van der Waals surface area contributed by atoms with Crippen LogP contribution in [0.3, 0.4) is 0 Å². The van der Waals surface area contributed by atoms with Gasteiger partial charge < -0.3 is 9.47 Å². The number of esters is 2. The molecule has 0 radical (unpaired) electrons. The Morgan fingerprint density at radius 3 is 1.90 bits per heavy atom. The van der Waals surface area contributed by atoms with Crippen molar-refractivity contribution in [2.45, 2.75) is 6.92 Å². The molecule has 0 spiro atoms. The van der Waals surface area contributed by atoms with Crippen LogP contribution in [0.5, 0.6) is 0 Å². The third kappa shape index (κ3) is 5.20. The normalized spacial score (nSPS) is 10.2. The second-order valence-corrected chi connectivity index (χ2v) is 6.54. The van der Waals surface area contributed by atoms with E-state index < -0.39 is 11.9 Å². The first-order valence-electron chi connectivity index (χ1n) is 9.31. The van der Waals surface area contributed by atoms with Gasteiger partial charge in [0.2, 0.25) is 0 Å². The molecule has 0 saturated carbocycles. The summed E-state index contributed by atoms with van der Waals surface area (Å²) < 4.78 is 10.2. The van der Waals surface area contributed by atoms with E-state index in [0.717, 1.165) is 22.3 Å². The molecule has 146 valence electrons. The van der Waals surface area contributed by atoms with Gasteiger partial charge in [0.05, 0.1) is 5.56 Å². The summed E-state index contributed by atoms with van der Waals surface area (Å²) in [5, 5.41) is 0. The van der Waals surface area contributed by atoms with Gasteiger partial charge in [-0.25, -0.2) is 9.59 Å². The number of ether oxygens (including phenoxy) is 2. The highest BCUT2D eigenvalue weighted by molar-refractivity contribution is 5.94. The number of benzene rings is 3. The molecule has 0 aliphatic carbocycles. The molecule has 0 amide bonds. The molecule has 0 aliphatic rings. The lowest BCUT2D eigenvalue weighted by Crippen LogP contribution is -2.14. The van der Waals surface area contributed by atoms with Crippen LogP contribution in [0, 0.1) is 0 Å². The van der Waals surface area contributed by atoms with Crippen molar-refractivity contribution < 1.29 is 19.1 Å². The average Bonchev–Trinajstić information content (AvgIpc) is 2.77. The summed E-state index contributed by atoms with van der Waals surface area (Å²) >= 11 is 0. The third-order valence-electron chi connectivity index (χ3n) is 4.32. The lowest BCUT2D eigenvalue weighted by Gasteiger charge is -2.13. The van der Waals surface area contributed by atoms with E-state index in [9.17, 15) is 9.59 Å². The van der Waals surface area contributed by atoms with Crippen molar-refractivity contribution in [2.75, 3.05) is 13.2 Å². The Morgan fingerprint density at radius 2 is 1.31 bits per heavy atom. The summed E-state index contributed by atoms with van der Waals surface area (Å²) in [7, 11) is 0. The first-order chi connectivity index (χ1) is 14.1. The molecule has 0 N–H and O–H groups in total. The van der Waals surface area contributed by atoms with E-state index in [1.54, 1.807) is 13.0 Å². The van der Waals surface area contributed by atoms with Gasteiger partial charge in [-0.05, 0) is 41.3 Å². The van der Waals surface area contributed by atoms with Crippen molar-refractivity contribution in [3.8, 4) is 22.3 Å². The second kappa shape index (κ2) is 9.51. The van der Waals surface area contributed by atoms with Gasteiger partial charge in [0.15, 0.2) is 0 Å². The van der Waals surface area contributed by atoms with Crippen LogP contribution in [-0.2, 0) is 14.3 Å². The zero-order valence-corrected chi connectivity index (χ0v) is 16.3. The lowest BCUT2D eigenvalue weighted by molar-refractivity contribution is -0.140. The Kier molecular flexibility index (Phi) is 6.59. The van der Waals surface area contributed by atoms with Crippen LogP contribution in [0.15, 0.2) is 91.0 Å². The Bertz CT molecular complexity index is 1010. The van der Waals surface area contributed by atoms with Crippen LogP contribution >= 0.6 is 0 Å². The maximum Gasteiger partial charge on any atom is 0.338 e. The monoisotopic (exact) mass is 386 g/mol. The minimum absolute atomic E-state index is 0.00885. The molecule has 4 heteroatoms. The van der Waals surface area contributed by atoms with E-state index in [1.807, 2.05) is 72.8 Å². The van der Waals surface area contributed by atoms with Gasteiger partial charge in [0.25, 0.3) is 0 Å². The maximum absolute atomic E-state index is 12.5. The molecule has 0 heterocycles. The van der Waals surface area contributed by atoms with Crippen LogP contribution in [0.2, 0.25) is 0 Å². The molecular weight excluding hydrogens is 364 g/mol. The molecular formula is C25H22O4. The Morgan fingerprint density at radius 1 is 0.759 bits per heavy atom. The van der Waals surface area contributed by atoms with Gasteiger partial charge in [0, 0.05) is 5.57 Å². The SMILES string of the molecule is C=C(C)C(=O)OCCOC(=O)c1ccc(-c2ccccc2)c(-c2ccccc2)c1. The van der Waals surface area contributed by atoms with E-state index in [0.29, 0.717) is 11.1 Å². The average molecular weight is 386 g/mol. The molecule has 0 saturated heterocycles. The van der Waals surface area contributed by atoms with Gasteiger partial charge in [-0.1, -0.05) is 73.3 Å². The fraction of sp³-hybridized carbons (Fsp3) is 0.120. The van der Waals surface area contributed by atoms with Crippen LogP contribution in [0.25, 0.3) is 22.3 Å². The van der Waals surface area contributed by atoms with E-state index in [2.05, 4.69) is 6.58 Å². The summed E-state index contributed by atoms with van der Waals surface area (Å²) in [6.45, 7) is 5.05. The fourth-order valence-corrected chi connectivity index (χ4v) is 2.87. The molecule has 0 atom stereocenters. The second-order valence-electron chi connectivity index (χ2n) is 6.54. The van der Waals surface area contributed by atoms with E-state index in [1.165, 1.54) is 0 Å². The van der Waals surface area contributed by atoms with Gasteiger partial charge in [0.1, 0.15) is 13.2 Å². The predicted molar refractivity (Wildman–Crippen MR) is 113 cm³/mol. The Balaban J connectivity index is 1.81. The van der Waals surface area contributed by atoms with Gasteiger partial charge in [-0.3, -0.25) is 0 Å². The number of carbonyl (C=O) groups is 2. The van der Waals surface area contributed by atoms with Crippen LogP contribution < -0.4 is 0 Å². The van der Waals surface area contributed by atoms with Crippen molar-refractivity contribution in [1.82, 2.24) is 0 Å². The zero-order valence-electron chi connectivity index (χ0n) is 16.3. The van der Waals surface area contributed by atoms with Crippen molar-refractivity contribution in [3.05, 3.63) is 96.6 Å². The Labute approximate surface area is 170 Å². The third-order valence-corrected chi connectivity index (χ3v) is 4.32. The number of rotatable bonds is 7. The van der Waals surface area contributed by atoms with E-state index in [4.69, 9.17) is 9.47 Å². The highest BCUT2D eigenvalue weighted by Crippen LogP contribution is 2.33. The fourth-order valence-electron chi connectivity index (χ4n) is 2.87. The van der Waals surface area contributed by atoms with E-state index >= 15 is 0 Å². The largest absolute Gasteiger partial charge is 0.459 e.